The van der Waals surface area contributed by atoms with E-state index >= 15 is 0 Å². The third-order valence-electron chi connectivity index (χ3n) is 5.05. The van der Waals surface area contributed by atoms with Crippen molar-refractivity contribution in [3.8, 4) is 0 Å². The van der Waals surface area contributed by atoms with Gasteiger partial charge in [-0.1, -0.05) is 6.92 Å². The van der Waals surface area contributed by atoms with Gasteiger partial charge in [0, 0.05) is 39.4 Å². The number of piperidine rings is 1. The molecule has 8 heteroatoms. The highest BCUT2D eigenvalue weighted by molar-refractivity contribution is 5.97. The van der Waals surface area contributed by atoms with Crippen LogP contribution in [0.1, 0.15) is 30.1 Å². The van der Waals surface area contributed by atoms with Gasteiger partial charge < -0.3 is 10.6 Å². The Hall–Kier alpha value is -2.48. The topological polar surface area (TPSA) is 103 Å². The van der Waals surface area contributed by atoms with Gasteiger partial charge in [-0.3, -0.25) is 18.7 Å². The van der Waals surface area contributed by atoms with Crippen LogP contribution < -0.4 is 17.0 Å². The van der Waals surface area contributed by atoms with Gasteiger partial charge in [0.05, 0.1) is 10.9 Å². The minimum atomic E-state index is -0.456. The van der Waals surface area contributed by atoms with Gasteiger partial charge in [0.25, 0.3) is 11.5 Å². The lowest BCUT2D eigenvalue weighted by Crippen LogP contribution is -2.49. The smallest absolute Gasteiger partial charge is 0.332 e. The van der Waals surface area contributed by atoms with Crippen molar-refractivity contribution in [2.75, 3.05) is 13.1 Å². The predicted molar refractivity (Wildman–Crippen MR) is 94.5 cm³/mol. The number of nitrogens with two attached hydrogens (primary N) is 1. The number of hydrogen-bond donors (Lipinski definition) is 1. The number of aryl methyl sites for hydroxylation is 1. The number of hydrogen-bond acceptors (Lipinski definition) is 5. The molecule has 1 aliphatic heterocycles. The first-order valence-corrected chi connectivity index (χ1v) is 8.42. The monoisotopic (exact) mass is 345 g/mol. The molecule has 8 nitrogen and oxygen atoms in total. The quantitative estimate of drug-likeness (QED) is 0.814. The van der Waals surface area contributed by atoms with Crippen LogP contribution in [0, 0.1) is 5.92 Å². The van der Waals surface area contributed by atoms with Crippen LogP contribution in [0.2, 0.25) is 0 Å². The molecule has 2 aromatic heterocycles. The maximum atomic E-state index is 12.9. The van der Waals surface area contributed by atoms with Gasteiger partial charge in [0.1, 0.15) is 5.65 Å². The van der Waals surface area contributed by atoms with Crippen LogP contribution in [0.15, 0.2) is 21.9 Å². The molecule has 25 heavy (non-hydrogen) atoms. The van der Waals surface area contributed by atoms with Crippen molar-refractivity contribution < 1.29 is 4.79 Å². The number of aromatic nitrogens is 3. The highest BCUT2D eigenvalue weighted by Crippen LogP contribution is 2.24. The van der Waals surface area contributed by atoms with Crippen molar-refractivity contribution in [2.24, 2.45) is 25.7 Å². The molecule has 2 unspecified atom stereocenters. The van der Waals surface area contributed by atoms with Gasteiger partial charge in [-0.25, -0.2) is 9.78 Å². The molecule has 0 bridgehead atoms. The lowest BCUT2D eigenvalue weighted by atomic mass is 9.92. The highest BCUT2D eigenvalue weighted by Gasteiger charge is 2.30. The Labute approximate surface area is 144 Å². The summed E-state index contributed by atoms with van der Waals surface area (Å²) in [6.07, 6.45) is 3.23. The highest BCUT2D eigenvalue weighted by atomic mass is 16.2. The van der Waals surface area contributed by atoms with Crippen LogP contribution in [0.25, 0.3) is 11.0 Å². The number of rotatable bonds is 2. The Morgan fingerprint density at radius 3 is 2.72 bits per heavy atom. The third-order valence-corrected chi connectivity index (χ3v) is 5.05. The van der Waals surface area contributed by atoms with E-state index in [4.69, 9.17) is 5.73 Å². The predicted octanol–water partition coefficient (Wildman–Crippen LogP) is -0.168. The second kappa shape index (κ2) is 6.44. The number of pyridine rings is 1. The lowest BCUT2D eigenvalue weighted by Gasteiger charge is -2.38. The second-order valence-electron chi connectivity index (χ2n) is 6.82. The van der Waals surface area contributed by atoms with Crippen LogP contribution in [-0.4, -0.2) is 44.1 Å². The Balaban J connectivity index is 2.06. The van der Waals surface area contributed by atoms with Gasteiger partial charge in [0.15, 0.2) is 0 Å². The van der Waals surface area contributed by atoms with E-state index in [1.165, 1.54) is 23.9 Å². The average Bonchev–Trinajstić information content (AvgIpc) is 2.63. The molecule has 0 radical (unpaired) electrons. The van der Waals surface area contributed by atoms with Crippen molar-refractivity contribution in [1.29, 1.82) is 0 Å². The van der Waals surface area contributed by atoms with E-state index in [0.29, 0.717) is 24.6 Å². The molecule has 0 aliphatic carbocycles. The van der Waals surface area contributed by atoms with E-state index in [1.807, 2.05) is 0 Å². The standard InChI is InChI=1S/C17H23N5O3/c1-10-4-5-22(12(6-10)8-18)15(23)11-7-13-14(19-9-11)20(2)17(25)21(3)16(13)24/h7,9-10,12H,4-6,8,18H2,1-3H3. The summed E-state index contributed by atoms with van der Waals surface area (Å²) in [5.41, 5.74) is 5.55. The first-order valence-electron chi connectivity index (χ1n) is 8.42. The minimum absolute atomic E-state index is 0.00471. The van der Waals surface area contributed by atoms with E-state index in [-0.39, 0.29) is 23.0 Å². The van der Waals surface area contributed by atoms with Crippen molar-refractivity contribution >= 4 is 16.9 Å². The van der Waals surface area contributed by atoms with Crippen LogP contribution in [0.5, 0.6) is 0 Å². The zero-order valence-electron chi connectivity index (χ0n) is 14.7. The Morgan fingerprint density at radius 1 is 1.32 bits per heavy atom. The lowest BCUT2D eigenvalue weighted by molar-refractivity contribution is 0.0573. The Bertz CT molecular complexity index is 946. The van der Waals surface area contributed by atoms with Crippen molar-refractivity contribution in [2.45, 2.75) is 25.8 Å². The van der Waals surface area contributed by atoms with Gasteiger partial charge in [-0.15, -0.1) is 0 Å². The summed E-state index contributed by atoms with van der Waals surface area (Å²) in [6.45, 7) is 3.21. The number of carbonyl (C=O) groups excluding carboxylic acids is 1. The summed E-state index contributed by atoms with van der Waals surface area (Å²) < 4.78 is 2.32. The molecule has 134 valence electrons. The largest absolute Gasteiger partial charge is 0.334 e. The van der Waals surface area contributed by atoms with Crippen LogP contribution in [-0.2, 0) is 14.1 Å². The number of fused-ring (bicyclic) bond motifs is 1. The summed E-state index contributed by atoms with van der Waals surface area (Å²) in [7, 11) is 2.96. The van der Waals surface area contributed by atoms with E-state index in [1.54, 1.807) is 11.9 Å². The fraction of sp³-hybridized carbons (Fsp3) is 0.529. The Morgan fingerprint density at radius 2 is 2.04 bits per heavy atom. The molecule has 2 N–H and O–H groups in total. The summed E-state index contributed by atoms with van der Waals surface area (Å²) in [5.74, 6) is 0.363. The van der Waals surface area contributed by atoms with Gasteiger partial charge >= 0.3 is 5.69 Å². The first kappa shape index (κ1) is 17.3. The van der Waals surface area contributed by atoms with Crippen LogP contribution in [0.4, 0.5) is 0 Å². The van der Waals surface area contributed by atoms with Gasteiger partial charge in [0.2, 0.25) is 0 Å². The average molecular weight is 345 g/mol. The van der Waals surface area contributed by atoms with Crippen molar-refractivity contribution in [3.05, 3.63) is 38.7 Å². The number of likely N-dealkylation sites (tertiary alicyclic amines) is 1. The van der Waals surface area contributed by atoms with Crippen molar-refractivity contribution in [3.63, 3.8) is 0 Å². The van der Waals surface area contributed by atoms with Gasteiger partial charge in [-0.2, -0.15) is 0 Å². The van der Waals surface area contributed by atoms with E-state index in [9.17, 15) is 14.4 Å². The van der Waals surface area contributed by atoms with Crippen LogP contribution in [0.3, 0.4) is 0 Å². The zero-order valence-corrected chi connectivity index (χ0v) is 14.7. The molecule has 3 rings (SSSR count). The molecule has 1 aliphatic rings. The maximum Gasteiger partial charge on any atom is 0.332 e. The van der Waals surface area contributed by atoms with Gasteiger partial charge in [-0.05, 0) is 24.8 Å². The second-order valence-corrected chi connectivity index (χ2v) is 6.82. The summed E-state index contributed by atoms with van der Waals surface area (Å²) in [5, 5.41) is 0.255. The number of nitrogens with zero attached hydrogens (tertiary/aromatic N) is 4. The molecule has 1 saturated heterocycles. The number of carbonyl (C=O) groups is 1. The molecule has 3 heterocycles. The zero-order chi connectivity index (χ0) is 18.3. The SMILES string of the molecule is CC1CCN(C(=O)c2cnc3c(c2)c(=O)n(C)c(=O)n3C)C(CN)C1. The molecule has 0 saturated carbocycles. The fourth-order valence-electron chi connectivity index (χ4n) is 3.49. The molecule has 1 amide bonds. The van der Waals surface area contributed by atoms with Crippen LogP contribution >= 0.6 is 0 Å². The Kier molecular flexibility index (Phi) is 4.47. The third kappa shape index (κ3) is 2.86. The molecule has 0 spiro atoms. The molecule has 2 aromatic rings. The molecular weight excluding hydrogens is 322 g/mol. The molecular formula is C17H23N5O3. The van der Waals surface area contributed by atoms with E-state index in [0.717, 1.165) is 17.4 Å². The summed E-state index contributed by atoms with van der Waals surface area (Å²) >= 11 is 0. The summed E-state index contributed by atoms with van der Waals surface area (Å²) in [4.78, 5) is 43.2. The van der Waals surface area contributed by atoms with E-state index < -0.39 is 11.2 Å². The van der Waals surface area contributed by atoms with Crippen molar-refractivity contribution in [1.82, 2.24) is 19.0 Å². The molecule has 2 atom stereocenters. The minimum Gasteiger partial charge on any atom is -0.334 e. The molecule has 1 fully saturated rings. The maximum absolute atomic E-state index is 12.9. The molecule has 0 aromatic carbocycles. The van der Waals surface area contributed by atoms with E-state index in [2.05, 4.69) is 11.9 Å². The summed E-state index contributed by atoms with van der Waals surface area (Å²) in [6, 6.07) is 1.52. The fourth-order valence-corrected chi connectivity index (χ4v) is 3.49. The first-order chi connectivity index (χ1) is 11.8. The number of amides is 1. The normalized spacial score (nSPS) is 20.9.